The molecule has 0 saturated carbocycles. The Morgan fingerprint density at radius 3 is 2.50 bits per heavy atom. The molecule has 0 aliphatic carbocycles. The number of hydrogen-bond donors (Lipinski definition) is 0. The van der Waals surface area contributed by atoms with E-state index in [-0.39, 0.29) is 0 Å². The van der Waals surface area contributed by atoms with Gasteiger partial charge < -0.3 is 4.57 Å². The summed E-state index contributed by atoms with van der Waals surface area (Å²) in [5.41, 5.74) is 3.48. The van der Waals surface area contributed by atoms with Crippen molar-refractivity contribution in [1.29, 1.82) is 0 Å². The Labute approximate surface area is 173 Å². The minimum atomic E-state index is -0.538. The highest BCUT2D eigenvalue weighted by Gasteiger charge is 2.26. The third kappa shape index (κ3) is 3.59. The summed E-state index contributed by atoms with van der Waals surface area (Å²) in [7, 11) is 0. The van der Waals surface area contributed by atoms with Crippen LogP contribution in [0.3, 0.4) is 0 Å². The molecule has 4 nitrogen and oxygen atoms in total. The number of hydrogen-bond acceptors (Lipinski definition) is 3. The Kier molecular flexibility index (Phi) is 5.01. The lowest BCUT2D eigenvalue weighted by Gasteiger charge is -2.33. The van der Waals surface area contributed by atoms with Crippen molar-refractivity contribution < 1.29 is 8.78 Å². The largest absolute Gasteiger partial charge is 0.319 e. The number of benzene rings is 2. The third-order valence-electron chi connectivity index (χ3n) is 5.82. The van der Waals surface area contributed by atoms with Gasteiger partial charge in [0.25, 0.3) is 0 Å². The molecule has 1 aliphatic rings. The fourth-order valence-corrected chi connectivity index (χ4v) is 4.32. The molecule has 0 radical (unpaired) electrons. The van der Waals surface area contributed by atoms with Gasteiger partial charge in [-0.25, -0.2) is 13.8 Å². The summed E-state index contributed by atoms with van der Waals surface area (Å²) in [5, 5.41) is 0. The average molecular weight is 404 g/mol. The van der Waals surface area contributed by atoms with Gasteiger partial charge in [0.1, 0.15) is 17.3 Å². The van der Waals surface area contributed by atoms with Gasteiger partial charge in [0.15, 0.2) is 5.82 Å². The van der Waals surface area contributed by atoms with Crippen LogP contribution < -0.4 is 0 Å². The second-order valence-corrected chi connectivity index (χ2v) is 7.75. The molecular weight excluding hydrogens is 382 g/mol. The Morgan fingerprint density at radius 1 is 0.933 bits per heavy atom. The highest BCUT2D eigenvalue weighted by atomic mass is 19.1. The van der Waals surface area contributed by atoms with Gasteiger partial charge in [-0.05, 0) is 43.2 Å². The maximum absolute atomic E-state index is 14.0. The molecular formula is C24H22F2N4. The normalized spacial score (nSPS) is 15.7. The van der Waals surface area contributed by atoms with E-state index in [0.717, 1.165) is 54.5 Å². The Hall–Kier alpha value is -3.12. The van der Waals surface area contributed by atoms with Crippen LogP contribution >= 0.6 is 0 Å². The monoisotopic (exact) mass is 404 g/mol. The summed E-state index contributed by atoms with van der Waals surface area (Å²) in [6.45, 7) is 2.18. The van der Waals surface area contributed by atoms with E-state index in [1.54, 1.807) is 12.3 Å². The first kappa shape index (κ1) is 18.9. The number of aromatic nitrogens is 3. The average Bonchev–Trinajstić information content (AvgIpc) is 3.16. The molecule has 6 heteroatoms. The molecule has 2 aromatic carbocycles. The molecule has 0 unspecified atom stereocenters. The predicted octanol–water partition coefficient (Wildman–Crippen LogP) is 5.21. The number of fused-ring (bicyclic) bond motifs is 1. The molecule has 3 heterocycles. The lowest BCUT2D eigenvalue weighted by atomic mass is 10.0. The van der Waals surface area contributed by atoms with Crippen LogP contribution in [0.5, 0.6) is 0 Å². The number of nitrogens with zero attached hydrogens (tertiary/aromatic N) is 4. The van der Waals surface area contributed by atoms with Crippen molar-refractivity contribution in [1.82, 2.24) is 19.4 Å². The van der Waals surface area contributed by atoms with Gasteiger partial charge in [0.2, 0.25) is 0 Å². The summed E-state index contributed by atoms with van der Waals surface area (Å²) >= 11 is 0. The zero-order valence-corrected chi connectivity index (χ0v) is 16.5. The number of pyridine rings is 1. The topological polar surface area (TPSA) is 34.0 Å². The Morgan fingerprint density at radius 2 is 1.73 bits per heavy atom. The van der Waals surface area contributed by atoms with E-state index >= 15 is 0 Å². The van der Waals surface area contributed by atoms with Gasteiger partial charge in [0.05, 0.1) is 11.0 Å². The number of piperidine rings is 1. The van der Waals surface area contributed by atoms with Crippen molar-refractivity contribution >= 4 is 11.0 Å². The quantitative estimate of drug-likeness (QED) is 0.468. The van der Waals surface area contributed by atoms with E-state index in [0.29, 0.717) is 18.2 Å². The van der Waals surface area contributed by atoms with Crippen LogP contribution in [0.2, 0.25) is 0 Å². The van der Waals surface area contributed by atoms with Crippen molar-refractivity contribution in [3.8, 4) is 11.5 Å². The van der Waals surface area contributed by atoms with Gasteiger partial charge in [-0.2, -0.15) is 0 Å². The van der Waals surface area contributed by atoms with Crippen LogP contribution in [0.4, 0.5) is 8.78 Å². The van der Waals surface area contributed by atoms with Crippen molar-refractivity contribution in [2.45, 2.75) is 25.4 Å². The standard InChI is InChI=1S/C24H22F2N4/c25-18-9-8-17(20(26)15-18)16-29-13-10-19(11-14-29)30-23-7-2-1-5-21(23)28-24(30)22-6-3-4-12-27-22/h1-9,12,15,19H,10-11,13-14,16H2. The molecule has 1 fully saturated rings. The second kappa shape index (κ2) is 7.95. The van der Waals surface area contributed by atoms with Crippen LogP contribution in [0.15, 0.2) is 66.9 Å². The number of para-hydroxylation sites is 2. The molecule has 2 aromatic heterocycles. The van der Waals surface area contributed by atoms with Crippen LogP contribution in [0.25, 0.3) is 22.6 Å². The smallest absolute Gasteiger partial charge is 0.160 e. The summed E-state index contributed by atoms with van der Waals surface area (Å²) < 4.78 is 29.5. The van der Waals surface area contributed by atoms with Crippen LogP contribution in [-0.4, -0.2) is 32.5 Å². The molecule has 4 aromatic rings. The molecule has 30 heavy (non-hydrogen) atoms. The first-order valence-corrected chi connectivity index (χ1v) is 10.2. The lowest BCUT2D eigenvalue weighted by molar-refractivity contribution is 0.180. The highest BCUT2D eigenvalue weighted by Crippen LogP contribution is 2.33. The SMILES string of the molecule is Fc1ccc(CN2CCC(n3c(-c4ccccn4)nc4ccccc43)CC2)c(F)c1. The van der Waals surface area contributed by atoms with Gasteiger partial charge in [-0.1, -0.05) is 24.3 Å². The zero-order valence-electron chi connectivity index (χ0n) is 16.5. The molecule has 0 N–H and O–H groups in total. The van der Waals surface area contributed by atoms with E-state index in [1.165, 1.54) is 6.07 Å². The molecule has 1 aliphatic heterocycles. The summed E-state index contributed by atoms with van der Waals surface area (Å²) in [5.74, 6) is -0.126. The van der Waals surface area contributed by atoms with Crippen LogP contribution in [-0.2, 0) is 6.54 Å². The van der Waals surface area contributed by atoms with E-state index in [1.807, 2.05) is 36.4 Å². The summed E-state index contributed by atoms with van der Waals surface area (Å²) in [6.07, 6.45) is 3.66. The van der Waals surface area contributed by atoms with Crippen molar-refractivity contribution in [2.75, 3.05) is 13.1 Å². The van der Waals surface area contributed by atoms with E-state index in [2.05, 4.69) is 20.5 Å². The fraction of sp³-hybridized carbons (Fsp3) is 0.250. The van der Waals surface area contributed by atoms with Crippen molar-refractivity contribution in [2.24, 2.45) is 0 Å². The number of rotatable bonds is 4. The maximum atomic E-state index is 14.0. The number of halogens is 2. The molecule has 0 bridgehead atoms. The minimum Gasteiger partial charge on any atom is -0.319 e. The van der Waals surface area contributed by atoms with Crippen LogP contribution in [0.1, 0.15) is 24.4 Å². The van der Waals surface area contributed by atoms with E-state index in [9.17, 15) is 8.78 Å². The van der Waals surface area contributed by atoms with Gasteiger partial charge in [0, 0.05) is 43.5 Å². The predicted molar refractivity (Wildman–Crippen MR) is 113 cm³/mol. The first-order chi connectivity index (χ1) is 14.7. The van der Waals surface area contributed by atoms with Crippen molar-refractivity contribution in [3.05, 3.63) is 84.1 Å². The third-order valence-corrected chi connectivity index (χ3v) is 5.82. The maximum Gasteiger partial charge on any atom is 0.160 e. The van der Waals surface area contributed by atoms with E-state index < -0.39 is 11.6 Å². The van der Waals surface area contributed by atoms with Crippen LogP contribution in [0, 0.1) is 11.6 Å². The molecule has 152 valence electrons. The fourth-order valence-electron chi connectivity index (χ4n) is 4.32. The molecule has 0 atom stereocenters. The van der Waals surface area contributed by atoms with Gasteiger partial charge in [-0.15, -0.1) is 0 Å². The Bertz CT molecular complexity index is 1160. The highest BCUT2D eigenvalue weighted by molar-refractivity contribution is 5.80. The van der Waals surface area contributed by atoms with E-state index in [4.69, 9.17) is 4.98 Å². The summed E-state index contributed by atoms with van der Waals surface area (Å²) in [4.78, 5) is 11.6. The van der Waals surface area contributed by atoms with Gasteiger partial charge in [-0.3, -0.25) is 9.88 Å². The number of imidazole rings is 1. The minimum absolute atomic E-state index is 0.295. The first-order valence-electron chi connectivity index (χ1n) is 10.2. The Balaban J connectivity index is 1.40. The molecule has 0 spiro atoms. The molecule has 0 amide bonds. The molecule has 1 saturated heterocycles. The number of likely N-dealkylation sites (tertiary alicyclic amines) is 1. The van der Waals surface area contributed by atoms with Crippen molar-refractivity contribution in [3.63, 3.8) is 0 Å². The summed E-state index contributed by atoms with van der Waals surface area (Å²) in [6, 6.07) is 18.2. The molecule has 5 rings (SSSR count). The second-order valence-electron chi connectivity index (χ2n) is 7.75. The zero-order chi connectivity index (χ0) is 20.5. The van der Waals surface area contributed by atoms with Gasteiger partial charge >= 0.3 is 0 Å². The lowest BCUT2D eigenvalue weighted by Crippen LogP contribution is -2.34.